The Hall–Kier alpha value is -1.64. The number of carbonyl (C=O) groups is 2. The van der Waals surface area contributed by atoms with Crippen LogP contribution in [-0.4, -0.2) is 11.9 Å². The van der Waals surface area contributed by atoms with Crippen LogP contribution in [-0.2, 0) is 14.9 Å². The second kappa shape index (κ2) is 7.31. The molecule has 4 atom stereocenters. The van der Waals surface area contributed by atoms with Gasteiger partial charge in [-0.15, -0.1) is 0 Å². The summed E-state index contributed by atoms with van der Waals surface area (Å²) in [6, 6.07) is 7.59. The summed E-state index contributed by atoms with van der Waals surface area (Å²) in [5.41, 5.74) is 0.749. The molecule has 1 fully saturated rings. The van der Waals surface area contributed by atoms with Crippen molar-refractivity contribution in [2.24, 2.45) is 17.8 Å². The van der Waals surface area contributed by atoms with Crippen molar-refractivity contribution in [1.82, 2.24) is 0 Å². The molecule has 0 bridgehead atoms. The highest BCUT2D eigenvalue weighted by Gasteiger charge is 2.56. The van der Waals surface area contributed by atoms with Gasteiger partial charge in [-0.05, 0) is 35.8 Å². The van der Waals surface area contributed by atoms with Gasteiger partial charge in [0.25, 0.3) is 0 Å². The Morgan fingerprint density at radius 3 is 2.32 bits per heavy atom. The molecule has 25 heavy (non-hydrogen) atoms. The molecule has 0 N–H and O–H groups in total. The fourth-order valence-corrected chi connectivity index (χ4v) is 5.08. The van der Waals surface area contributed by atoms with Gasteiger partial charge in [-0.2, -0.15) is 0 Å². The molecular weight excluding hydrogens is 312 g/mol. The number of ether oxygens (including phenoxy) is 1. The average Bonchev–Trinajstić information content (AvgIpc) is 2.62. The van der Waals surface area contributed by atoms with Crippen molar-refractivity contribution in [3.63, 3.8) is 0 Å². The summed E-state index contributed by atoms with van der Waals surface area (Å²) < 4.78 is 5.32. The minimum atomic E-state index is -0.714. The van der Waals surface area contributed by atoms with Crippen LogP contribution in [0.5, 0.6) is 0 Å². The highest BCUT2D eigenvalue weighted by atomic mass is 16.6. The molecule has 0 radical (unpaired) electrons. The number of fused-ring (bicyclic) bond motifs is 2. The van der Waals surface area contributed by atoms with Crippen molar-refractivity contribution < 1.29 is 14.3 Å². The van der Waals surface area contributed by atoms with E-state index in [1.807, 2.05) is 18.2 Å². The molecule has 1 spiro atoms. The monoisotopic (exact) mass is 342 g/mol. The van der Waals surface area contributed by atoms with E-state index < -0.39 is 11.4 Å². The summed E-state index contributed by atoms with van der Waals surface area (Å²) in [5.74, 6) is -0.114. The van der Waals surface area contributed by atoms with Crippen LogP contribution in [0.2, 0.25) is 0 Å². The average molecular weight is 342 g/mol. The second-order valence-electron chi connectivity index (χ2n) is 8.10. The normalized spacial score (nSPS) is 34.1. The van der Waals surface area contributed by atoms with E-state index in [0.717, 1.165) is 24.8 Å². The lowest BCUT2D eigenvalue weighted by atomic mass is 9.57. The summed E-state index contributed by atoms with van der Waals surface area (Å²) in [4.78, 5) is 25.5. The summed E-state index contributed by atoms with van der Waals surface area (Å²) in [5, 5.41) is 0. The zero-order valence-corrected chi connectivity index (χ0v) is 15.7. The largest absolute Gasteiger partial charge is 0.389 e. The van der Waals surface area contributed by atoms with E-state index >= 15 is 0 Å². The molecule has 3 nitrogen and oxygen atoms in total. The molecule has 1 heterocycles. The molecule has 3 rings (SSSR count). The van der Waals surface area contributed by atoms with Gasteiger partial charge in [0.1, 0.15) is 0 Å². The molecule has 0 aromatic heterocycles. The number of esters is 2. The van der Waals surface area contributed by atoms with Crippen LogP contribution in [0.15, 0.2) is 24.3 Å². The van der Waals surface area contributed by atoms with E-state index in [4.69, 9.17) is 4.74 Å². The lowest BCUT2D eigenvalue weighted by molar-refractivity contribution is -0.152. The molecule has 0 saturated heterocycles. The Bertz CT molecular complexity index is 650. The predicted octanol–water partition coefficient (Wildman–Crippen LogP) is 5.27. The van der Waals surface area contributed by atoms with Gasteiger partial charge in [0.2, 0.25) is 0 Å². The molecule has 1 unspecified atom stereocenters. The van der Waals surface area contributed by atoms with Gasteiger partial charge in [-0.3, -0.25) is 4.79 Å². The van der Waals surface area contributed by atoms with E-state index in [1.165, 1.54) is 25.7 Å². The minimum Gasteiger partial charge on any atom is -0.389 e. The smallest absolute Gasteiger partial charge is 0.346 e. The van der Waals surface area contributed by atoms with Crippen molar-refractivity contribution in [3.8, 4) is 0 Å². The van der Waals surface area contributed by atoms with Crippen molar-refractivity contribution in [3.05, 3.63) is 35.4 Å². The van der Waals surface area contributed by atoms with Crippen LogP contribution in [0.25, 0.3) is 0 Å². The molecular formula is C22H30O3. The molecule has 3 heteroatoms. The first kappa shape index (κ1) is 18.2. The standard InChI is InChI=1S/C22H30O3/c1-15-11-7-5-4-6-8-12-16(2)22(17(15)3)19-14-10-9-13-18(19)20(23)25-21(22)24/h9-10,13-17H,4-8,11-12H2,1-3H3/t15-,16+,17-,22?/m1/s1. The summed E-state index contributed by atoms with van der Waals surface area (Å²) in [6.45, 7) is 6.62. The van der Waals surface area contributed by atoms with Crippen molar-refractivity contribution in [2.75, 3.05) is 0 Å². The molecule has 1 saturated carbocycles. The van der Waals surface area contributed by atoms with E-state index in [2.05, 4.69) is 20.8 Å². The molecule has 1 aliphatic heterocycles. The molecule has 1 aromatic rings. The maximum absolute atomic E-state index is 13.2. The van der Waals surface area contributed by atoms with Crippen molar-refractivity contribution >= 4 is 11.9 Å². The Kier molecular flexibility index (Phi) is 5.31. The first-order valence-corrected chi connectivity index (χ1v) is 9.85. The van der Waals surface area contributed by atoms with Gasteiger partial charge >= 0.3 is 11.9 Å². The fraction of sp³-hybridized carbons (Fsp3) is 0.636. The first-order chi connectivity index (χ1) is 12.0. The Balaban J connectivity index is 2.16. The summed E-state index contributed by atoms with van der Waals surface area (Å²) in [7, 11) is 0. The quantitative estimate of drug-likeness (QED) is 0.476. The maximum atomic E-state index is 13.2. The van der Waals surface area contributed by atoms with Crippen molar-refractivity contribution in [2.45, 2.75) is 71.1 Å². The number of cyclic esters (lactones) is 2. The highest BCUT2D eigenvalue weighted by molar-refractivity contribution is 6.06. The third-order valence-corrected chi connectivity index (χ3v) is 6.76. The van der Waals surface area contributed by atoms with Gasteiger partial charge in [0.15, 0.2) is 0 Å². The fourth-order valence-electron chi connectivity index (χ4n) is 5.08. The molecule has 2 aliphatic rings. The predicted molar refractivity (Wildman–Crippen MR) is 98.4 cm³/mol. The topological polar surface area (TPSA) is 43.4 Å². The third-order valence-electron chi connectivity index (χ3n) is 6.76. The Morgan fingerprint density at radius 2 is 1.56 bits per heavy atom. The van der Waals surface area contributed by atoms with Crippen LogP contribution in [0.1, 0.15) is 81.6 Å². The van der Waals surface area contributed by atoms with E-state index in [1.54, 1.807) is 6.07 Å². The van der Waals surface area contributed by atoms with Gasteiger partial charge in [0, 0.05) is 0 Å². The SMILES string of the molecule is C[C@@H]1CCCCCCC[C@H](C)C2(C(=O)OC(=O)c3ccccc32)[C@@H]1C. The molecule has 1 aromatic carbocycles. The molecule has 136 valence electrons. The third kappa shape index (κ3) is 3.02. The van der Waals surface area contributed by atoms with E-state index in [9.17, 15) is 9.59 Å². The van der Waals surface area contributed by atoms with Crippen LogP contribution in [0, 0.1) is 17.8 Å². The van der Waals surface area contributed by atoms with Gasteiger partial charge in [0.05, 0.1) is 11.0 Å². The first-order valence-electron chi connectivity index (χ1n) is 9.85. The van der Waals surface area contributed by atoms with Gasteiger partial charge < -0.3 is 4.74 Å². The minimum absolute atomic E-state index is 0.141. The number of benzene rings is 1. The van der Waals surface area contributed by atoms with Gasteiger partial charge in [-0.25, -0.2) is 4.79 Å². The second-order valence-corrected chi connectivity index (χ2v) is 8.10. The van der Waals surface area contributed by atoms with Crippen LogP contribution in [0.4, 0.5) is 0 Å². The Labute approximate surface area is 151 Å². The molecule has 1 aliphatic carbocycles. The van der Waals surface area contributed by atoms with Crippen molar-refractivity contribution in [1.29, 1.82) is 0 Å². The maximum Gasteiger partial charge on any atom is 0.346 e. The van der Waals surface area contributed by atoms with Crippen LogP contribution >= 0.6 is 0 Å². The van der Waals surface area contributed by atoms with E-state index in [-0.39, 0.29) is 17.8 Å². The van der Waals surface area contributed by atoms with E-state index in [0.29, 0.717) is 11.5 Å². The summed E-state index contributed by atoms with van der Waals surface area (Å²) >= 11 is 0. The molecule has 0 amide bonds. The van der Waals surface area contributed by atoms with Crippen LogP contribution in [0.3, 0.4) is 0 Å². The number of carbonyl (C=O) groups excluding carboxylic acids is 2. The van der Waals surface area contributed by atoms with Crippen LogP contribution < -0.4 is 0 Å². The number of hydrogen-bond acceptors (Lipinski definition) is 3. The van der Waals surface area contributed by atoms with Gasteiger partial charge in [-0.1, -0.05) is 77.5 Å². The number of hydrogen-bond donors (Lipinski definition) is 0. The zero-order valence-electron chi connectivity index (χ0n) is 15.7. The summed E-state index contributed by atoms with van der Waals surface area (Å²) in [6.07, 6.45) is 8.24. The lowest BCUT2D eigenvalue weighted by Crippen LogP contribution is -2.54. The zero-order chi connectivity index (χ0) is 18.0. The number of rotatable bonds is 0. The highest BCUT2D eigenvalue weighted by Crippen LogP contribution is 2.50. The Morgan fingerprint density at radius 1 is 0.920 bits per heavy atom. The lowest BCUT2D eigenvalue weighted by Gasteiger charge is -2.46.